The third kappa shape index (κ3) is 5.65. The maximum absolute atomic E-state index is 13.2. The van der Waals surface area contributed by atoms with E-state index < -0.39 is 29.6 Å². The van der Waals surface area contributed by atoms with Gasteiger partial charge in [0.1, 0.15) is 29.3 Å². The van der Waals surface area contributed by atoms with Gasteiger partial charge in [0.05, 0.1) is 15.7 Å². The van der Waals surface area contributed by atoms with Crippen LogP contribution in [0.3, 0.4) is 0 Å². The SMILES string of the molecule is CCN(CC)c1ccc2c(-c3ccc(S(=O)(=O)C(C)(C)C)cc3S(=O)(=O)O)c3ccc(=[N+](CC)CC)cc-3oc2c1. The largest absolute Gasteiger partial charge is 0.456 e. The van der Waals surface area contributed by atoms with E-state index in [1.54, 1.807) is 20.8 Å². The predicted octanol–water partition coefficient (Wildman–Crippen LogP) is 5.68. The molecule has 0 bridgehead atoms. The van der Waals surface area contributed by atoms with Crippen LogP contribution in [0.1, 0.15) is 48.5 Å². The second-order valence-corrected chi connectivity index (χ2v) is 15.0. The summed E-state index contributed by atoms with van der Waals surface area (Å²) in [5.74, 6) is 0.543. The summed E-state index contributed by atoms with van der Waals surface area (Å²) >= 11 is 0. The molecule has 220 valence electrons. The second-order valence-electron chi connectivity index (χ2n) is 10.9. The van der Waals surface area contributed by atoms with E-state index in [2.05, 4.69) is 37.2 Å². The molecular weight excluding hydrogens is 560 g/mol. The Hall–Kier alpha value is -3.21. The zero-order valence-corrected chi connectivity index (χ0v) is 26.4. The maximum Gasteiger partial charge on any atom is 0.295 e. The molecule has 0 aromatic heterocycles. The summed E-state index contributed by atoms with van der Waals surface area (Å²) in [4.78, 5) is 1.53. The lowest BCUT2D eigenvalue weighted by molar-refractivity contribution is 0.483. The van der Waals surface area contributed by atoms with Crippen LogP contribution in [0, 0.1) is 0 Å². The third-order valence-electron chi connectivity index (χ3n) is 7.56. The summed E-state index contributed by atoms with van der Waals surface area (Å²) in [7, 11) is -8.71. The Labute approximate surface area is 243 Å². The maximum atomic E-state index is 13.2. The van der Waals surface area contributed by atoms with Gasteiger partial charge in [0.15, 0.2) is 9.84 Å². The molecule has 0 radical (unpaired) electrons. The highest BCUT2D eigenvalue weighted by Crippen LogP contribution is 2.44. The molecule has 4 rings (SSSR count). The van der Waals surface area contributed by atoms with Crippen LogP contribution in [0.25, 0.3) is 33.4 Å². The van der Waals surface area contributed by atoms with Crippen LogP contribution in [-0.4, -0.2) is 52.3 Å². The Morgan fingerprint density at radius 1 is 0.829 bits per heavy atom. The van der Waals surface area contributed by atoms with Crippen LogP contribution in [0.2, 0.25) is 0 Å². The normalized spacial score (nSPS) is 12.7. The fourth-order valence-corrected chi connectivity index (χ4v) is 7.20. The van der Waals surface area contributed by atoms with Crippen LogP contribution in [-0.2, 0) is 20.0 Å². The van der Waals surface area contributed by atoms with Gasteiger partial charge in [0.25, 0.3) is 10.1 Å². The molecule has 1 N–H and O–H groups in total. The Kier molecular flexibility index (Phi) is 8.42. The first-order valence-electron chi connectivity index (χ1n) is 13.9. The fourth-order valence-electron chi connectivity index (χ4n) is 5.17. The van der Waals surface area contributed by atoms with Crippen molar-refractivity contribution >= 4 is 36.6 Å². The first-order chi connectivity index (χ1) is 19.2. The van der Waals surface area contributed by atoms with Crippen molar-refractivity contribution in [3.63, 3.8) is 0 Å². The van der Waals surface area contributed by atoms with Gasteiger partial charge in [-0.05, 0) is 78.8 Å². The molecule has 41 heavy (non-hydrogen) atoms. The van der Waals surface area contributed by atoms with Crippen LogP contribution < -0.4 is 14.8 Å². The number of nitrogens with zero attached hydrogens (tertiary/aromatic N) is 2. The fraction of sp³-hybridized carbons (Fsp3) is 0.387. The zero-order chi connectivity index (χ0) is 30.3. The molecule has 8 nitrogen and oxygen atoms in total. The van der Waals surface area contributed by atoms with Crippen LogP contribution in [0.5, 0.6) is 0 Å². The van der Waals surface area contributed by atoms with Gasteiger partial charge in [-0.25, -0.2) is 13.0 Å². The first-order valence-corrected chi connectivity index (χ1v) is 16.8. The van der Waals surface area contributed by atoms with E-state index in [0.29, 0.717) is 27.9 Å². The molecule has 0 amide bonds. The lowest BCUT2D eigenvalue weighted by Crippen LogP contribution is -2.29. The summed E-state index contributed by atoms with van der Waals surface area (Å²) in [6, 6.07) is 15.5. The summed E-state index contributed by atoms with van der Waals surface area (Å²) in [5.41, 5.74) is 2.86. The Bertz CT molecular complexity index is 1860. The van der Waals surface area contributed by atoms with Crippen molar-refractivity contribution in [3.8, 4) is 22.5 Å². The highest BCUT2D eigenvalue weighted by molar-refractivity contribution is 7.92. The van der Waals surface area contributed by atoms with E-state index >= 15 is 0 Å². The molecule has 1 aliphatic carbocycles. The third-order valence-corrected chi connectivity index (χ3v) is 10.9. The lowest BCUT2D eigenvalue weighted by Gasteiger charge is -2.23. The van der Waals surface area contributed by atoms with Gasteiger partial charge >= 0.3 is 0 Å². The average Bonchev–Trinajstić information content (AvgIpc) is 2.91. The van der Waals surface area contributed by atoms with E-state index in [0.717, 1.165) is 43.3 Å². The average molecular weight is 600 g/mol. The first kappa shape index (κ1) is 30.7. The number of anilines is 1. The lowest BCUT2D eigenvalue weighted by atomic mass is 9.93. The summed E-state index contributed by atoms with van der Waals surface area (Å²) < 4.78 is 69.9. The van der Waals surface area contributed by atoms with E-state index in [4.69, 9.17) is 4.42 Å². The minimum Gasteiger partial charge on any atom is -0.456 e. The second kappa shape index (κ2) is 11.2. The molecule has 0 unspecified atom stereocenters. The standard InChI is InChI=1S/C31H38N2O6S2/c1-8-32(9-2)21-12-15-24-27(18-21)39-28-19-22(33(10-3)11-4)13-16-25(28)30(24)26-17-14-23(20-29(26)41(36,37)38)40(34,35)31(5,6)7/h12-20H,8-11H2,1-7H3/p+1. The van der Waals surface area contributed by atoms with Crippen molar-refractivity contribution in [2.75, 3.05) is 31.1 Å². The van der Waals surface area contributed by atoms with E-state index in [-0.39, 0.29) is 10.5 Å². The quantitative estimate of drug-likeness (QED) is 0.158. The molecule has 1 heterocycles. The Morgan fingerprint density at radius 3 is 2.02 bits per heavy atom. The molecule has 2 aromatic carbocycles. The molecule has 10 heteroatoms. The Balaban J connectivity index is 2.18. The molecule has 2 aromatic rings. The minimum absolute atomic E-state index is 0.178. The van der Waals surface area contributed by atoms with Gasteiger partial charge in [0.2, 0.25) is 5.36 Å². The van der Waals surface area contributed by atoms with Gasteiger partial charge in [-0.15, -0.1) is 0 Å². The molecule has 0 spiro atoms. The monoisotopic (exact) mass is 599 g/mol. The number of hydrogen-bond donors (Lipinski definition) is 1. The molecular formula is C31H39N2O6S2+. The molecule has 0 atom stereocenters. The zero-order valence-electron chi connectivity index (χ0n) is 24.7. The van der Waals surface area contributed by atoms with Gasteiger partial charge in [-0.1, -0.05) is 6.07 Å². The van der Waals surface area contributed by atoms with Crippen LogP contribution >= 0.6 is 0 Å². The summed E-state index contributed by atoms with van der Waals surface area (Å²) in [6.45, 7) is 16.1. The van der Waals surface area contributed by atoms with Gasteiger partial charge < -0.3 is 9.32 Å². The van der Waals surface area contributed by atoms with Crippen molar-refractivity contribution in [3.05, 3.63) is 60.0 Å². The summed E-state index contributed by atoms with van der Waals surface area (Å²) in [5, 5.41) is 1.60. The van der Waals surface area contributed by atoms with Crippen molar-refractivity contribution in [1.29, 1.82) is 0 Å². The van der Waals surface area contributed by atoms with Crippen molar-refractivity contribution in [2.24, 2.45) is 0 Å². The number of sulfone groups is 1. The number of rotatable bonds is 8. The number of fused-ring (bicyclic) bond motifs is 2. The Morgan fingerprint density at radius 2 is 1.46 bits per heavy atom. The van der Waals surface area contributed by atoms with Gasteiger partial charge in [-0.2, -0.15) is 8.42 Å². The molecule has 2 aliphatic rings. The highest BCUT2D eigenvalue weighted by Gasteiger charge is 2.33. The van der Waals surface area contributed by atoms with E-state index in [1.807, 2.05) is 36.4 Å². The molecule has 1 aliphatic heterocycles. The number of hydrogen-bond acceptors (Lipinski definition) is 6. The predicted molar refractivity (Wildman–Crippen MR) is 165 cm³/mol. The van der Waals surface area contributed by atoms with E-state index in [1.165, 1.54) is 12.1 Å². The highest BCUT2D eigenvalue weighted by atomic mass is 32.2. The molecule has 0 saturated heterocycles. The van der Waals surface area contributed by atoms with Crippen LogP contribution in [0.15, 0.2) is 68.8 Å². The van der Waals surface area contributed by atoms with Crippen molar-refractivity contribution < 1.29 is 25.8 Å². The van der Waals surface area contributed by atoms with Crippen molar-refractivity contribution in [2.45, 2.75) is 63.0 Å². The van der Waals surface area contributed by atoms with Gasteiger partial charge in [-0.3, -0.25) is 4.55 Å². The van der Waals surface area contributed by atoms with Gasteiger partial charge in [0, 0.05) is 53.0 Å². The smallest absolute Gasteiger partial charge is 0.295 e. The van der Waals surface area contributed by atoms with Crippen molar-refractivity contribution in [1.82, 2.24) is 4.58 Å². The van der Waals surface area contributed by atoms with E-state index in [9.17, 15) is 21.4 Å². The molecule has 0 fully saturated rings. The minimum atomic E-state index is -4.82. The van der Waals surface area contributed by atoms with Crippen LogP contribution in [0.4, 0.5) is 5.69 Å². The number of benzene rings is 3. The molecule has 0 saturated carbocycles. The topological polar surface area (TPSA) is 108 Å². The summed E-state index contributed by atoms with van der Waals surface area (Å²) in [6.07, 6.45) is 0.